The van der Waals surface area contributed by atoms with Crippen molar-refractivity contribution in [1.82, 2.24) is 15.1 Å². The first-order chi connectivity index (χ1) is 13.0. The lowest BCUT2D eigenvalue weighted by atomic mass is 10.2. The zero-order chi connectivity index (χ0) is 19.2. The zero-order valence-corrected chi connectivity index (χ0v) is 16.1. The van der Waals surface area contributed by atoms with Gasteiger partial charge in [0.2, 0.25) is 0 Å². The largest absolute Gasteiger partial charge is 0.486 e. The summed E-state index contributed by atoms with van der Waals surface area (Å²) in [6.45, 7) is 5.34. The molecule has 0 saturated carbocycles. The number of nitrogens with zero attached hydrogens (tertiary/aromatic N) is 2. The average Bonchev–Trinajstić information content (AvgIpc) is 3.24. The average molecular weight is 388 g/mol. The highest BCUT2D eigenvalue weighted by Crippen LogP contribution is 2.16. The van der Waals surface area contributed by atoms with Crippen molar-refractivity contribution in [1.29, 1.82) is 0 Å². The van der Waals surface area contributed by atoms with Crippen LogP contribution < -0.4 is 10.1 Å². The smallest absolute Gasteiger partial charge is 0.286 e. The summed E-state index contributed by atoms with van der Waals surface area (Å²) in [5.74, 6) is 1.40. The van der Waals surface area contributed by atoms with Gasteiger partial charge in [-0.1, -0.05) is 23.7 Å². The molecule has 1 N–H and O–H groups in total. The molecule has 0 aliphatic heterocycles. The minimum Gasteiger partial charge on any atom is -0.486 e. The van der Waals surface area contributed by atoms with Gasteiger partial charge in [0.1, 0.15) is 18.1 Å². The predicted octanol–water partition coefficient (Wildman–Crippen LogP) is 4.15. The van der Waals surface area contributed by atoms with Crippen LogP contribution in [0.5, 0.6) is 5.75 Å². The molecule has 0 spiro atoms. The number of amides is 1. The minimum atomic E-state index is -0.244. The van der Waals surface area contributed by atoms with Gasteiger partial charge < -0.3 is 14.5 Å². The van der Waals surface area contributed by atoms with E-state index in [-0.39, 0.29) is 18.3 Å². The molecule has 0 bridgehead atoms. The minimum absolute atomic E-state index is 0.244. The highest BCUT2D eigenvalue weighted by atomic mass is 35.5. The van der Waals surface area contributed by atoms with E-state index in [0.29, 0.717) is 23.9 Å². The number of carbonyl (C=O) groups excluding carboxylic acids is 1. The molecular weight excluding hydrogens is 366 g/mol. The Morgan fingerprint density at radius 2 is 2.15 bits per heavy atom. The maximum absolute atomic E-state index is 12.2. The van der Waals surface area contributed by atoms with Gasteiger partial charge in [-0.05, 0) is 50.1 Å². The second kappa shape index (κ2) is 8.77. The van der Waals surface area contributed by atoms with Crippen molar-refractivity contribution in [3.63, 3.8) is 0 Å². The number of furan rings is 1. The van der Waals surface area contributed by atoms with Crippen LogP contribution in [-0.2, 0) is 13.2 Å². The lowest BCUT2D eigenvalue weighted by Crippen LogP contribution is -2.24. The van der Waals surface area contributed by atoms with Crippen molar-refractivity contribution in [2.24, 2.45) is 0 Å². The van der Waals surface area contributed by atoms with Crippen molar-refractivity contribution in [2.45, 2.75) is 33.4 Å². The van der Waals surface area contributed by atoms with E-state index in [1.165, 1.54) is 0 Å². The molecule has 7 heteroatoms. The molecule has 2 heterocycles. The third-order valence-electron chi connectivity index (χ3n) is 3.99. The molecule has 6 nitrogen and oxygen atoms in total. The molecule has 1 amide bonds. The third-order valence-corrected chi connectivity index (χ3v) is 4.36. The van der Waals surface area contributed by atoms with Crippen molar-refractivity contribution in [3.8, 4) is 5.75 Å². The predicted molar refractivity (Wildman–Crippen MR) is 103 cm³/mol. The highest BCUT2D eigenvalue weighted by Gasteiger charge is 2.11. The van der Waals surface area contributed by atoms with Crippen LogP contribution in [0.15, 0.2) is 47.0 Å². The van der Waals surface area contributed by atoms with Crippen molar-refractivity contribution in [3.05, 3.63) is 70.4 Å². The van der Waals surface area contributed by atoms with Crippen LogP contribution in [0, 0.1) is 13.8 Å². The van der Waals surface area contributed by atoms with Gasteiger partial charge in [-0.25, -0.2) is 0 Å². The van der Waals surface area contributed by atoms with Gasteiger partial charge in [0.25, 0.3) is 5.91 Å². The fourth-order valence-electron chi connectivity index (χ4n) is 2.58. The molecule has 0 aliphatic rings. The maximum atomic E-state index is 12.2. The molecule has 27 heavy (non-hydrogen) atoms. The Balaban J connectivity index is 1.42. The number of benzene rings is 1. The molecule has 2 aromatic heterocycles. The molecule has 0 aliphatic carbocycles. The molecule has 142 valence electrons. The second-order valence-corrected chi connectivity index (χ2v) is 6.71. The monoisotopic (exact) mass is 387 g/mol. The molecule has 0 fully saturated rings. The first-order valence-corrected chi connectivity index (χ1v) is 9.15. The Morgan fingerprint density at radius 3 is 2.89 bits per heavy atom. The van der Waals surface area contributed by atoms with Crippen LogP contribution in [-0.4, -0.2) is 22.2 Å². The molecule has 1 aromatic carbocycles. The fraction of sp³-hybridized carbons (Fsp3) is 0.300. The van der Waals surface area contributed by atoms with Crippen molar-refractivity contribution < 1.29 is 13.9 Å². The summed E-state index contributed by atoms with van der Waals surface area (Å²) < 4.78 is 13.0. The van der Waals surface area contributed by atoms with Gasteiger partial charge in [-0.2, -0.15) is 5.10 Å². The van der Waals surface area contributed by atoms with Gasteiger partial charge in [0, 0.05) is 19.3 Å². The van der Waals surface area contributed by atoms with E-state index in [4.69, 9.17) is 20.8 Å². The lowest BCUT2D eigenvalue weighted by Gasteiger charge is -2.05. The Hall–Kier alpha value is -2.73. The van der Waals surface area contributed by atoms with Gasteiger partial charge in [0.05, 0.1) is 10.7 Å². The summed E-state index contributed by atoms with van der Waals surface area (Å²) in [5, 5.41) is 7.76. The first-order valence-electron chi connectivity index (χ1n) is 8.77. The summed E-state index contributed by atoms with van der Waals surface area (Å²) in [6, 6.07) is 11.2. The third kappa shape index (κ3) is 5.37. The van der Waals surface area contributed by atoms with Gasteiger partial charge in [-0.15, -0.1) is 0 Å². The highest BCUT2D eigenvalue weighted by molar-refractivity contribution is 6.31. The number of nitrogens with one attached hydrogen (secondary N) is 1. The number of hydrogen-bond donors (Lipinski definition) is 1. The van der Waals surface area contributed by atoms with E-state index >= 15 is 0 Å². The standard InChI is InChI=1S/C20H22ClN3O3/c1-14-5-3-6-16(11-14)26-13-17-7-8-19(27-17)20(25)22-9-4-10-24-12-18(21)15(2)23-24/h3,5-8,11-12H,4,9-10,13H2,1-2H3,(H,22,25). The zero-order valence-electron chi connectivity index (χ0n) is 15.4. The summed E-state index contributed by atoms with van der Waals surface area (Å²) >= 11 is 5.97. The van der Waals surface area contributed by atoms with E-state index in [9.17, 15) is 4.79 Å². The van der Waals surface area contributed by atoms with Crippen LogP contribution in [0.4, 0.5) is 0 Å². The Labute approximate surface area is 163 Å². The first kappa shape index (κ1) is 19.0. The van der Waals surface area contributed by atoms with E-state index in [0.717, 1.165) is 23.4 Å². The van der Waals surface area contributed by atoms with Gasteiger partial charge in [0.15, 0.2) is 5.76 Å². The molecule has 3 rings (SSSR count). The van der Waals surface area contributed by atoms with E-state index < -0.39 is 0 Å². The number of rotatable bonds is 8. The second-order valence-electron chi connectivity index (χ2n) is 6.31. The van der Waals surface area contributed by atoms with Crippen LogP contribution >= 0.6 is 11.6 Å². The number of aromatic nitrogens is 2. The SMILES string of the molecule is Cc1cccc(OCc2ccc(C(=O)NCCCn3cc(Cl)c(C)n3)o2)c1. The quantitative estimate of drug-likeness (QED) is 0.589. The van der Waals surface area contributed by atoms with Gasteiger partial charge in [-0.3, -0.25) is 9.48 Å². The summed E-state index contributed by atoms with van der Waals surface area (Å²) in [6.07, 6.45) is 2.53. The normalized spacial score (nSPS) is 10.8. The summed E-state index contributed by atoms with van der Waals surface area (Å²) in [5.41, 5.74) is 1.93. The van der Waals surface area contributed by atoms with E-state index in [1.54, 1.807) is 23.0 Å². The number of halogens is 1. The number of hydrogen-bond acceptors (Lipinski definition) is 4. The number of ether oxygens (including phenoxy) is 1. The summed E-state index contributed by atoms with van der Waals surface area (Å²) in [7, 11) is 0. The number of carbonyl (C=O) groups is 1. The number of aryl methyl sites for hydroxylation is 3. The molecule has 0 radical (unpaired) electrons. The fourth-order valence-corrected chi connectivity index (χ4v) is 2.73. The topological polar surface area (TPSA) is 69.3 Å². The molecule has 3 aromatic rings. The lowest BCUT2D eigenvalue weighted by molar-refractivity contribution is 0.0921. The Bertz CT molecular complexity index is 897. The van der Waals surface area contributed by atoms with Crippen molar-refractivity contribution in [2.75, 3.05) is 6.54 Å². The molecule has 0 unspecified atom stereocenters. The van der Waals surface area contributed by atoms with Crippen LogP contribution in [0.3, 0.4) is 0 Å². The maximum Gasteiger partial charge on any atom is 0.286 e. The van der Waals surface area contributed by atoms with Crippen LogP contribution in [0.2, 0.25) is 5.02 Å². The molecule has 0 saturated heterocycles. The molecule has 0 atom stereocenters. The van der Waals surface area contributed by atoms with E-state index in [1.807, 2.05) is 38.1 Å². The van der Waals surface area contributed by atoms with Crippen LogP contribution in [0.1, 0.15) is 34.0 Å². The van der Waals surface area contributed by atoms with Gasteiger partial charge >= 0.3 is 0 Å². The Morgan fingerprint density at radius 1 is 1.30 bits per heavy atom. The van der Waals surface area contributed by atoms with E-state index in [2.05, 4.69) is 10.4 Å². The van der Waals surface area contributed by atoms with Crippen molar-refractivity contribution >= 4 is 17.5 Å². The summed E-state index contributed by atoms with van der Waals surface area (Å²) in [4.78, 5) is 12.2. The van der Waals surface area contributed by atoms with Crippen LogP contribution in [0.25, 0.3) is 0 Å². The molecular formula is C20H22ClN3O3. The Kier molecular flexibility index (Phi) is 6.19.